The monoisotopic (exact) mass is 364 g/mol. The van der Waals surface area contributed by atoms with Crippen LogP contribution >= 0.6 is 11.8 Å². The van der Waals surface area contributed by atoms with E-state index in [2.05, 4.69) is 42.3 Å². The van der Waals surface area contributed by atoms with Crippen LogP contribution in [0.4, 0.5) is 5.69 Å². The van der Waals surface area contributed by atoms with Gasteiger partial charge >= 0.3 is 0 Å². The third-order valence-electron chi connectivity index (χ3n) is 4.31. The second-order valence-corrected chi connectivity index (χ2v) is 7.43. The van der Waals surface area contributed by atoms with Crippen LogP contribution in [0.1, 0.15) is 30.9 Å². The SMILES string of the molecule is CCCCc1ccc(NC(=O)CSc2cc(C)c3ccccc3n2)cc1. The zero-order valence-electron chi connectivity index (χ0n) is 15.3. The maximum absolute atomic E-state index is 12.2. The molecule has 0 spiro atoms. The summed E-state index contributed by atoms with van der Waals surface area (Å²) < 4.78 is 0. The average Bonchev–Trinajstić information content (AvgIpc) is 2.66. The Morgan fingerprint density at radius 3 is 2.65 bits per heavy atom. The third-order valence-corrected chi connectivity index (χ3v) is 5.22. The molecule has 0 fully saturated rings. The molecule has 1 heterocycles. The Bertz CT molecular complexity index is 890. The van der Waals surface area contributed by atoms with E-state index in [1.165, 1.54) is 35.7 Å². The van der Waals surface area contributed by atoms with E-state index in [0.717, 1.165) is 28.0 Å². The normalized spacial score (nSPS) is 10.8. The molecule has 0 unspecified atom stereocenters. The number of pyridine rings is 1. The van der Waals surface area contributed by atoms with Gasteiger partial charge in [-0.15, -0.1) is 0 Å². The molecule has 1 N–H and O–H groups in total. The molecular weight excluding hydrogens is 340 g/mol. The lowest BCUT2D eigenvalue weighted by atomic mass is 10.1. The van der Waals surface area contributed by atoms with E-state index in [4.69, 9.17) is 0 Å². The summed E-state index contributed by atoms with van der Waals surface area (Å²) in [6, 6.07) is 18.3. The van der Waals surface area contributed by atoms with Crippen LogP contribution in [0, 0.1) is 6.92 Å². The molecular formula is C22H24N2OS. The number of nitrogens with zero attached hydrogens (tertiary/aromatic N) is 1. The third kappa shape index (κ3) is 4.85. The number of benzene rings is 2. The first-order valence-corrected chi connectivity index (χ1v) is 10.0. The fraction of sp³-hybridized carbons (Fsp3) is 0.273. The molecule has 3 aromatic rings. The lowest BCUT2D eigenvalue weighted by Gasteiger charge is -2.08. The fourth-order valence-corrected chi connectivity index (χ4v) is 3.64. The number of aryl methyl sites for hydroxylation is 2. The van der Waals surface area contributed by atoms with Crippen molar-refractivity contribution in [3.8, 4) is 0 Å². The predicted molar refractivity (Wildman–Crippen MR) is 111 cm³/mol. The number of para-hydroxylation sites is 1. The van der Waals surface area contributed by atoms with Crippen LogP contribution in [0.2, 0.25) is 0 Å². The highest BCUT2D eigenvalue weighted by Crippen LogP contribution is 2.23. The molecule has 1 aromatic heterocycles. The molecule has 3 nitrogen and oxygen atoms in total. The zero-order chi connectivity index (χ0) is 18.4. The van der Waals surface area contributed by atoms with Crippen LogP contribution in [0.3, 0.4) is 0 Å². The Morgan fingerprint density at radius 1 is 1.12 bits per heavy atom. The summed E-state index contributed by atoms with van der Waals surface area (Å²) in [5, 5.41) is 5.00. The highest BCUT2D eigenvalue weighted by atomic mass is 32.2. The smallest absolute Gasteiger partial charge is 0.234 e. The van der Waals surface area contributed by atoms with Crippen molar-refractivity contribution >= 4 is 34.3 Å². The quantitative estimate of drug-likeness (QED) is 0.554. The topological polar surface area (TPSA) is 42.0 Å². The van der Waals surface area contributed by atoms with Crippen molar-refractivity contribution in [3.05, 3.63) is 65.7 Å². The molecule has 26 heavy (non-hydrogen) atoms. The van der Waals surface area contributed by atoms with Gasteiger partial charge in [0.05, 0.1) is 16.3 Å². The summed E-state index contributed by atoms with van der Waals surface area (Å²) in [6.07, 6.45) is 3.48. The average molecular weight is 365 g/mol. The van der Waals surface area contributed by atoms with E-state index in [0.29, 0.717) is 5.75 Å². The van der Waals surface area contributed by atoms with Crippen molar-refractivity contribution in [2.24, 2.45) is 0 Å². The van der Waals surface area contributed by atoms with Gasteiger partial charge in [-0.25, -0.2) is 4.98 Å². The summed E-state index contributed by atoms with van der Waals surface area (Å²) in [4.78, 5) is 16.9. The number of amides is 1. The summed E-state index contributed by atoms with van der Waals surface area (Å²) in [5.74, 6) is 0.339. The second-order valence-electron chi connectivity index (χ2n) is 6.43. The molecule has 0 saturated carbocycles. The summed E-state index contributed by atoms with van der Waals surface area (Å²) in [5.41, 5.74) is 4.31. The Labute approximate surface area is 159 Å². The van der Waals surface area contributed by atoms with E-state index < -0.39 is 0 Å². The number of aromatic nitrogens is 1. The molecule has 134 valence electrons. The summed E-state index contributed by atoms with van der Waals surface area (Å²) >= 11 is 1.47. The van der Waals surface area contributed by atoms with Gasteiger partial charge in [-0.05, 0) is 55.2 Å². The van der Waals surface area contributed by atoms with Crippen molar-refractivity contribution in [1.29, 1.82) is 0 Å². The first-order valence-electron chi connectivity index (χ1n) is 9.03. The van der Waals surface area contributed by atoms with Gasteiger partial charge in [0.1, 0.15) is 0 Å². The van der Waals surface area contributed by atoms with E-state index in [1.54, 1.807) is 0 Å². The van der Waals surface area contributed by atoms with Gasteiger partial charge in [-0.1, -0.05) is 55.4 Å². The zero-order valence-corrected chi connectivity index (χ0v) is 16.1. The molecule has 2 aromatic carbocycles. The molecule has 0 bridgehead atoms. The second kappa shape index (κ2) is 8.86. The first kappa shape index (κ1) is 18.5. The summed E-state index contributed by atoms with van der Waals surface area (Å²) in [6.45, 7) is 4.27. The predicted octanol–water partition coefficient (Wildman–Crippen LogP) is 5.62. The molecule has 0 aliphatic carbocycles. The highest BCUT2D eigenvalue weighted by molar-refractivity contribution is 7.99. The molecule has 0 saturated heterocycles. The first-order chi connectivity index (χ1) is 12.7. The molecule has 4 heteroatoms. The van der Waals surface area contributed by atoms with E-state index in [1.807, 2.05) is 36.4 Å². The maximum atomic E-state index is 12.2. The van der Waals surface area contributed by atoms with Gasteiger partial charge in [0.25, 0.3) is 0 Å². The van der Waals surface area contributed by atoms with Gasteiger partial charge in [0.15, 0.2) is 0 Å². The minimum Gasteiger partial charge on any atom is -0.325 e. The molecule has 1 amide bonds. The number of unbranched alkanes of at least 4 members (excludes halogenated alkanes) is 1. The number of thioether (sulfide) groups is 1. The fourth-order valence-electron chi connectivity index (χ4n) is 2.86. The van der Waals surface area contributed by atoms with Gasteiger partial charge < -0.3 is 5.32 Å². The van der Waals surface area contributed by atoms with Crippen molar-refractivity contribution in [2.45, 2.75) is 38.1 Å². The Kier molecular flexibility index (Phi) is 6.29. The van der Waals surface area contributed by atoms with Crippen LogP contribution in [-0.4, -0.2) is 16.6 Å². The van der Waals surface area contributed by atoms with Crippen LogP contribution in [-0.2, 0) is 11.2 Å². The summed E-state index contributed by atoms with van der Waals surface area (Å²) in [7, 11) is 0. The Balaban J connectivity index is 1.57. The minimum absolute atomic E-state index is 0.0103. The number of rotatable bonds is 7. The van der Waals surface area contributed by atoms with Gasteiger partial charge in [-0.2, -0.15) is 0 Å². The molecule has 3 rings (SSSR count). The molecule has 0 aliphatic heterocycles. The number of carbonyl (C=O) groups is 1. The van der Waals surface area contributed by atoms with E-state index >= 15 is 0 Å². The number of carbonyl (C=O) groups excluding carboxylic acids is 1. The lowest BCUT2D eigenvalue weighted by Crippen LogP contribution is -2.14. The van der Waals surface area contributed by atoms with Gasteiger partial charge in [0.2, 0.25) is 5.91 Å². The molecule has 0 aliphatic rings. The Hall–Kier alpha value is -2.33. The highest BCUT2D eigenvalue weighted by Gasteiger charge is 2.07. The van der Waals surface area contributed by atoms with Gasteiger partial charge in [-0.3, -0.25) is 4.79 Å². The van der Waals surface area contributed by atoms with Crippen LogP contribution < -0.4 is 5.32 Å². The van der Waals surface area contributed by atoms with Crippen molar-refractivity contribution in [2.75, 3.05) is 11.1 Å². The number of fused-ring (bicyclic) bond motifs is 1. The maximum Gasteiger partial charge on any atom is 0.234 e. The van der Waals surface area contributed by atoms with Crippen LogP contribution in [0.5, 0.6) is 0 Å². The number of anilines is 1. The van der Waals surface area contributed by atoms with Crippen LogP contribution in [0.25, 0.3) is 10.9 Å². The van der Waals surface area contributed by atoms with E-state index in [9.17, 15) is 4.79 Å². The largest absolute Gasteiger partial charge is 0.325 e. The molecule has 0 radical (unpaired) electrons. The van der Waals surface area contributed by atoms with Crippen LogP contribution in [0.15, 0.2) is 59.6 Å². The van der Waals surface area contributed by atoms with Crippen molar-refractivity contribution in [1.82, 2.24) is 4.98 Å². The van der Waals surface area contributed by atoms with Crippen molar-refractivity contribution < 1.29 is 4.79 Å². The van der Waals surface area contributed by atoms with Gasteiger partial charge in [0, 0.05) is 11.1 Å². The van der Waals surface area contributed by atoms with Crippen molar-refractivity contribution in [3.63, 3.8) is 0 Å². The number of hydrogen-bond donors (Lipinski definition) is 1. The van der Waals surface area contributed by atoms with E-state index in [-0.39, 0.29) is 5.91 Å². The number of hydrogen-bond acceptors (Lipinski definition) is 3. The lowest BCUT2D eigenvalue weighted by molar-refractivity contribution is -0.113. The Morgan fingerprint density at radius 2 is 1.88 bits per heavy atom. The molecule has 0 atom stereocenters. The minimum atomic E-state index is -0.0103. The standard InChI is InChI=1S/C22H24N2OS/c1-3-4-7-17-10-12-18(13-11-17)23-21(25)15-26-22-14-16(2)19-8-5-6-9-20(19)24-22/h5-6,8-14H,3-4,7,15H2,1-2H3,(H,23,25). The number of nitrogens with one attached hydrogen (secondary N) is 1.